The second-order valence-corrected chi connectivity index (χ2v) is 8.09. The van der Waals surface area contributed by atoms with Crippen LogP contribution in [0.2, 0.25) is 0 Å². The average molecular weight is 453 g/mol. The zero-order valence-electron chi connectivity index (χ0n) is 18.8. The van der Waals surface area contributed by atoms with E-state index in [0.717, 1.165) is 5.69 Å². The smallest absolute Gasteiger partial charge is 0.295 e. The van der Waals surface area contributed by atoms with Crippen LogP contribution in [0.3, 0.4) is 0 Å². The lowest BCUT2D eigenvalue weighted by Gasteiger charge is -2.28. The number of ketones is 1. The van der Waals surface area contributed by atoms with Gasteiger partial charge in [-0.2, -0.15) is 0 Å². The molecule has 1 unspecified atom stereocenters. The van der Waals surface area contributed by atoms with Crippen LogP contribution in [0.5, 0.6) is 11.5 Å². The van der Waals surface area contributed by atoms with Crippen LogP contribution in [0.4, 0.5) is 5.69 Å². The number of benzene rings is 2. The summed E-state index contributed by atoms with van der Waals surface area (Å²) in [5, 5.41) is 20.3. The van der Waals surface area contributed by atoms with Crippen LogP contribution in [0, 0.1) is 0 Å². The highest BCUT2D eigenvalue weighted by Crippen LogP contribution is 2.41. The van der Waals surface area contributed by atoms with E-state index in [9.17, 15) is 14.7 Å². The van der Waals surface area contributed by atoms with Crippen LogP contribution in [0.15, 0.2) is 48.0 Å². The van der Waals surface area contributed by atoms with E-state index >= 15 is 0 Å². The summed E-state index contributed by atoms with van der Waals surface area (Å²) in [6.45, 7) is 3.58. The normalized spacial score (nSPS) is 19.4. The van der Waals surface area contributed by atoms with Crippen molar-refractivity contribution in [3.05, 3.63) is 59.2 Å². The molecule has 8 nitrogen and oxygen atoms in total. The van der Waals surface area contributed by atoms with Crippen molar-refractivity contribution in [2.45, 2.75) is 19.4 Å². The van der Waals surface area contributed by atoms with E-state index in [4.69, 9.17) is 14.6 Å². The van der Waals surface area contributed by atoms with Gasteiger partial charge >= 0.3 is 0 Å². The van der Waals surface area contributed by atoms with Gasteiger partial charge in [0, 0.05) is 19.2 Å². The molecule has 1 fully saturated rings. The van der Waals surface area contributed by atoms with E-state index < -0.39 is 17.7 Å². The maximum atomic E-state index is 13.1. The molecular formula is C25H28N2O6. The number of aliphatic hydroxyl groups is 2. The number of likely N-dealkylation sites (tertiary alicyclic amines) is 1. The molecule has 0 saturated carbocycles. The molecule has 2 aromatic carbocycles. The van der Waals surface area contributed by atoms with Crippen LogP contribution in [0.1, 0.15) is 30.5 Å². The molecule has 2 heterocycles. The first-order valence-corrected chi connectivity index (χ1v) is 11.1. The number of likely N-dealkylation sites (N-methyl/N-ethyl adjacent to an activating group) is 1. The van der Waals surface area contributed by atoms with Crippen molar-refractivity contribution >= 4 is 23.1 Å². The van der Waals surface area contributed by atoms with Gasteiger partial charge in [-0.15, -0.1) is 0 Å². The van der Waals surface area contributed by atoms with Gasteiger partial charge in [-0.3, -0.25) is 9.59 Å². The summed E-state index contributed by atoms with van der Waals surface area (Å²) in [6.07, 6.45) is 0.658. The first-order chi connectivity index (χ1) is 16.0. The van der Waals surface area contributed by atoms with Gasteiger partial charge in [0.2, 0.25) is 0 Å². The second-order valence-electron chi connectivity index (χ2n) is 8.09. The number of Topliss-reactive ketones (excluding diaryl/α,β-unsaturated/α-hetero) is 1. The molecule has 2 aliphatic rings. The molecule has 8 heteroatoms. The predicted molar refractivity (Wildman–Crippen MR) is 124 cm³/mol. The largest absolute Gasteiger partial charge is 0.507 e. The van der Waals surface area contributed by atoms with Crippen molar-refractivity contribution in [3.8, 4) is 11.5 Å². The molecule has 33 heavy (non-hydrogen) atoms. The van der Waals surface area contributed by atoms with Crippen molar-refractivity contribution in [2.75, 3.05) is 44.9 Å². The summed E-state index contributed by atoms with van der Waals surface area (Å²) in [4.78, 5) is 29.5. The average Bonchev–Trinajstić information content (AvgIpc) is 3.08. The SMILES string of the molecule is CCCN1C(=O)C(=O)/C(=C(\O)c2ccc3c(c2)N(C)CCO3)C1c1cccc(OCCO)c1. The molecule has 0 aliphatic carbocycles. The number of hydrogen-bond acceptors (Lipinski definition) is 7. The number of rotatable bonds is 7. The van der Waals surface area contributed by atoms with E-state index in [1.54, 1.807) is 42.5 Å². The van der Waals surface area contributed by atoms with Crippen LogP contribution in [0.25, 0.3) is 5.76 Å². The number of carbonyl (C=O) groups is 2. The number of amides is 1. The lowest BCUT2D eigenvalue weighted by atomic mass is 9.94. The van der Waals surface area contributed by atoms with Crippen LogP contribution in [-0.2, 0) is 9.59 Å². The molecule has 1 amide bonds. The quantitative estimate of drug-likeness (QED) is 0.379. The standard InChI is InChI=1S/C25H28N2O6/c1-3-9-27-22(16-5-4-6-18(14-16)32-13-11-28)21(24(30)25(27)31)23(29)17-7-8-20-19(15-17)26(2)10-12-33-20/h4-8,14-15,22,28-29H,3,9-13H2,1-2H3/b23-21-. The molecule has 2 aromatic rings. The fourth-order valence-corrected chi connectivity index (χ4v) is 4.29. The van der Waals surface area contributed by atoms with Gasteiger partial charge in [0.25, 0.3) is 11.7 Å². The minimum Gasteiger partial charge on any atom is -0.507 e. The van der Waals surface area contributed by atoms with E-state index in [1.807, 2.05) is 18.9 Å². The number of nitrogens with zero attached hydrogens (tertiary/aromatic N) is 2. The fraction of sp³-hybridized carbons (Fsp3) is 0.360. The Morgan fingerprint density at radius 3 is 2.79 bits per heavy atom. The van der Waals surface area contributed by atoms with Gasteiger partial charge in [0.15, 0.2) is 0 Å². The third-order valence-electron chi connectivity index (χ3n) is 5.87. The highest BCUT2D eigenvalue weighted by molar-refractivity contribution is 6.46. The van der Waals surface area contributed by atoms with E-state index in [2.05, 4.69) is 0 Å². The molecule has 0 aromatic heterocycles. The van der Waals surface area contributed by atoms with Crippen molar-refractivity contribution in [1.82, 2.24) is 4.90 Å². The minimum atomic E-state index is -0.743. The first kappa shape index (κ1) is 22.7. The minimum absolute atomic E-state index is 0.0482. The first-order valence-electron chi connectivity index (χ1n) is 11.1. The van der Waals surface area contributed by atoms with Crippen molar-refractivity contribution in [1.29, 1.82) is 0 Å². The summed E-state index contributed by atoms with van der Waals surface area (Å²) < 4.78 is 11.2. The number of hydrogen-bond donors (Lipinski definition) is 2. The summed E-state index contributed by atoms with van der Waals surface area (Å²) in [5.41, 5.74) is 1.95. The van der Waals surface area contributed by atoms with Gasteiger partial charge in [-0.05, 0) is 42.3 Å². The Morgan fingerprint density at radius 2 is 2.03 bits per heavy atom. The van der Waals surface area contributed by atoms with Gasteiger partial charge in [0.05, 0.1) is 30.5 Å². The molecule has 4 rings (SSSR count). The molecule has 0 bridgehead atoms. The maximum Gasteiger partial charge on any atom is 0.295 e. The Hall–Kier alpha value is -3.52. The fourth-order valence-electron chi connectivity index (χ4n) is 4.29. The summed E-state index contributed by atoms with van der Waals surface area (Å²) >= 11 is 0. The third-order valence-corrected chi connectivity index (χ3v) is 5.87. The predicted octanol–water partition coefficient (Wildman–Crippen LogP) is 2.72. The molecule has 1 atom stereocenters. The zero-order chi connectivity index (χ0) is 23.5. The van der Waals surface area contributed by atoms with Crippen molar-refractivity contribution in [3.63, 3.8) is 0 Å². The third kappa shape index (κ3) is 4.26. The van der Waals surface area contributed by atoms with Gasteiger partial charge in [-0.25, -0.2) is 0 Å². The highest BCUT2D eigenvalue weighted by atomic mass is 16.5. The number of fused-ring (bicyclic) bond motifs is 1. The molecule has 1 saturated heterocycles. The Bertz CT molecular complexity index is 1100. The molecule has 0 radical (unpaired) electrons. The van der Waals surface area contributed by atoms with Crippen molar-refractivity contribution in [2.24, 2.45) is 0 Å². The van der Waals surface area contributed by atoms with Gasteiger partial charge in [0.1, 0.15) is 30.5 Å². The monoisotopic (exact) mass is 452 g/mol. The Morgan fingerprint density at radius 1 is 1.21 bits per heavy atom. The van der Waals surface area contributed by atoms with E-state index in [-0.39, 0.29) is 24.5 Å². The second kappa shape index (κ2) is 9.54. The van der Waals surface area contributed by atoms with Gasteiger partial charge < -0.3 is 29.5 Å². The number of aliphatic hydroxyl groups excluding tert-OH is 2. The Balaban J connectivity index is 1.82. The Labute approximate surface area is 192 Å². The summed E-state index contributed by atoms with van der Waals surface area (Å²) in [7, 11) is 1.93. The molecule has 2 N–H and O–H groups in total. The topological polar surface area (TPSA) is 99.5 Å². The van der Waals surface area contributed by atoms with Crippen molar-refractivity contribution < 1.29 is 29.3 Å². The lowest BCUT2D eigenvalue weighted by molar-refractivity contribution is -0.139. The molecule has 174 valence electrons. The van der Waals surface area contributed by atoms with E-state index in [0.29, 0.717) is 48.7 Å². The number of ether oxygens (including phenoxy) is 2. The molecular weight excluding hydrogens is 424 g/mol. The highest BCUT2D eigenvalue weighted by Gasteiger charge is 2.45. The lowest BCUT2D eigenvalue weighted by Crippen LogP contribution is -2.30. The summed E-state index contributed by atoms with van der Waals surface area (Å²) in [6, 6.07) is 11.5. The Kier molecular flexibility index (Phi) is 6.55. The van der Waals surface area contributed by atoms with Crippen LogP contribution >= 0.6 is 0 Å². The number of anilines is 1. The molecule has 2 aliphatic heterocycles. The van der Waals surface area contributed by atoms with Crippen LogP contribution in [-0.4, -0.2) is 66.8 Å². The van der Waals surface area contributed by atoms with Gasteiger partial charge in [-0.1, -0.05) is 19.1 Å². The van der Waals surface area contributed by atoms with E-state index in [1.165, 1.54) is 4.90 Å². The van der Waals surface area contributed by atoms with Crippen LogP contribution < -0.4 is 14.4 Å². The number of carbonyl (C=O) groups excluding carboxylic acids is 2. The zero-order valence-corrected chi connectivity index (χ0v) is 18.8. The summed E-state index contributed by atoms with van der Waals surface area (Å²) in [5.74, 6) is -0.355. The maximum absolute atomic E-state index is 13.1. The molecule has 0 spiro atoms.